The van der Waals surface area contributed by atoms with Crippen molar-refractivity contribution in [3.05, 3.63) is 60.7 Å². The van der Waals surface area contributed by atoms with E-state index in [1.807, 2.05) is 0 Å². The Balaban J connectivity index is -0.00000225. The number of benzene rings is 2. The molecule has 2 rings (SSSR count). The molecule has 0 aliphatic heterocycles. The van der Waals surface area contributed by atoms with Crippen molar-refractivity contribution in [3.63, 3.8) is 0 Å². The van der Waals surface area contributed by atoms with Gasteiger partial charge in [-0.3, -0.25) is 0 Å². The molecule has 0 saturated carbocycles. The van der Waals surface area contributed by atoms with Crippen molar-refractivity contribution in [2.75, 3.05) is 0 Å². The molecule has 0 N–H and O–H groups in total. The molecule has 0 aliphatic carbocycles. The molecule has 0 spiro atoms. The topological polar surface area (TPSA) is 27.7 Å². The standard InChI is InChI=1S/C22H39O3Si4.4CH4/c1-8-9-20-27(4,5)24-28(6,7)25-29(23-26(2)3,21-16-12-10-13-17-21)22-18-14-11-15-19-22;;;;/h10-19,26-27H,8-9,20H2,1-7H3;4*1H4/q-1;;;;. The van der Waals surface area contributed by atoms with E-state index in [-0.39, 0.29) is 29.7 Å². The third-order valence-electron chi connectivity index (χ3n) is 4.95. The Hall–Kier alpha value is -0.812. The van der Waals surface area contributed by atoms with Crippen LogP contribution in [0.5, 0.6) is 0 Å². The average Bonchev–Trinajstić information content (AvgIpc) is 2.66. The van der Waals surface area contributed by atoms with Crippen LogP contribution in [0.4, 0.5) is 0 Å². The first-order valence-corrected chi connectivity index (χ1v) is 22.0. The number of hydrogen-bond donors (Lipinski definition) is 0. The van der Waals surface area contributed by atoms with E-state index >= 15 is 0 Å². The van der Waals surface area contributed by atoms with E-state index in [9.17, 15) is 0 Å². The van der Waals surface area contributed by atoms with Crippen LogP contribution in [0.1, 0.15) is 49.5 Å². The predicted octanol–water partition coefficient (Wildman–Crippen LogP) is 7.26. The molecule has 0 fully saturated rings. The fourth-order valence-electron chi connectivity index (χ4n) is 3.98. The van der Waals surface area contributed by atoms with E-state index in [0.717, 1.165) is 0 Å². The van der Waals surface area contributed by atoms with Gasteiger partial charge in [-0.05, 0) is 0 Å². The molecule has 0 bridgehead atoms. The molecular formula is C26H55O3Si4-. The summed E-state index contributed by atoms with van der Waals surface area (Å²) in [5.41, 5.74) is 0. The van der Waals surface area contributed by atoms with E-state index in [0.29, 0.717) is 0 Å². The van der Waals surface area contributed by atoms with Gasteiger partial charge in [0.05, 0.1) is 0 Å². The summed E-state index contributed by atoms with van der Waals surface area (Å²) in [5, 5.41) is 2.35. The summed E-state index contributed by atoms with van der Waals surface area (Å²) in [6.07, 6.45) is 2.45. The monoisotopic (exact) mass is 527 g/mol. The Bertz CT molecular complexity index is 698. The van der Waals surface area contributed by atoms with Gasteiger partial charge in [0.1, 0.15) is 0 Å². The Kier molecular flexibility index (Phi) is 17.8. The molecule has 7 heteroatoms. The summed E-state index contributed by atoms with van der Waals surface area (Å²) < 4.78 is 20.9. The maximum atomic E-state index is 7.13. The van der Waals surface area contributed by atoms with Gasteiger partial charge in [-0.2, -0.15) is 0 Å². The second-order valence-corrected chi connectivity index (χ2v) is 23.9. The summed E-state index contributed by atoms with van der Waals surface area (Å²) in [4.78, 5) is 0. The van der Waals surface area contributed by atoms with E-state index < -0.39 is 34.5 Å². The predicted molar refractivity (Wildman–Crippen MR) is 163 cm³/mol. The number of unbranched alkanes of at least 4 members (excludes halogenated alkanes) is 1. The Labute approximate surface area is 212 Å². The van der Waals surface area contributed by atoms with E-state index in [1.165, 1.54) is 29.3 Å². The van der Waals surface area contributed by atoms with Crippen LogP contribution in [-0.4, -0.2) is 34.5 Å². The van der Waals surface area contributed by atoms with Crippen molar-refractivity contribution >= 4 is 44.9 Å². The van der Waals surface area contributed by atoms with Gasteiger partial charge >= 0.3 is 183 Å². The second kappa shape index (κ2) is 16.0. The van der Waals surface area contributed by atoms with E-state index in [2.05, 4.69) is 107 Å². The minimum atomic E-state index is -2.85. The summed E-state index contributed by atoms with van der Waals surface area (Å²) in [7, 11) is -8.76. The number of rotatable bonds is 11. The third-order valence-corrected chi connectivity index (χ3v) is 20.1. The quantitative estimate of drug-likeness (QED) is 0.288. The van der Waals surface area contributed by atoms with Crippen LogP contribution < -0.4 is 10.4 Å². The molecule has 3 nitrogen and oxygen atoms in total. The molecule has 33 heavy (non-hydrogen) atoms. The molecule has 0 aliphatic rings. The van der Waals surface area contributed by atoms with Crippen molar-refractivity contribution in [3.8, 4) is 0 Å². The SMILES string of the molecule is C.C.C.C.CCCC[SiH-](C)(C)O[Si](C)(C)O[Si](O[SiH](C)C)(c1ccccc1)c1ccccc1. The van der Waals surface area contributed by atoms with Crippen LogP contribution in [-0.2, 0) is 12.3 Å². The Morgan fingerprint density at radius 3 is 1.58 bits per heavy atom. The molecule has 0 amide bonds. The average molecular weight is 528 g/mol. The zero-order chi connectivity index (χ0) is 21.5. The summed E-state index contributed by atoms with van der Waals surface area (Å²) in [6.45, 7) is 15.8. The molecule has 2 aromatic carbocycles. The Morgan fingerprint density at radius 2 is 1.21 bits per heavy atom. The van der Waals surface area contributed by atoms with Crippen molar-refractivity contribution in [2.45, 2.75) is 94.8 Å². The van der Waals surface area contributed by atoms with Gasteiger partial charge in [0, 0.05) is 0 Å². The maximum absolute atomic E-state index is 7.13. The molecular weight excluding hydrogens is 473 g/mol. The van der Waals surface area contributed by atoms with E-state index in [1.54, 1.807) is 0 Å². The first kappa shape index (κ1) is 36.7. The van der Waals surface area contributed by atoms with Crippen LogP contribution in [0, 0.1) is 0 Å². The van der Waals surface area contributed by atoms with E-state index in [4.69, 9.17) is 12.3 Å². The summed E-state index contributed by atoms with van der Waals surface area (Å²) >= 11 is 0. The molecule has 2 aromatic rings. The fourth-order valence-corrected chi connectivity index (χ4v) is 22.3. The van der Waals surface area contributed by atoms with Crippen molar-refractivity contribution in [1.29, 1.82) is 0 Å². The van der Waals surface area contributed by atoms with Gasteiger partial charge in [0.15, 0.2) is 0 Å². The van der Waals surface area contributed by atoms with Crippen molar-refractivity contribution < 1.29 is 12.3 Å². The fraction of sp³-hybridized carbons (Fsp3) is 0.538. The zero-order valence-corrected chi connectivity index (χ0v) is 23.6. The first-order valence-electron chi connectivity index (χ1n) is 11.0. The van der Waals surface area contributed by atoms with Crippen LogP contribution in [0.3, 0.4) is 0 Å². The molecule has 0 unspecified atom stereocenters. The van der Waals surface area contributed by atoms with Gasteiger partial charge in [-0.15, -0.1) is 0 Å². The minimum absolute atomic E-state index is 0. The van der Waals surface area contributed by atoms with Gasteiger partial charge < -0.3 is 0 Å². The summed E-state index contributed by atoms with van der Waals surface area (Å²) in [6, 6.07) is 22.3. The van der Waals surface area contributed by atoms with Gasteiger partial charge in [0.25, 0.3) is 0 Å². The normalized spacial score (nSPS) is 12.0. The molecule has 0 heterocycles. The first-order chi connectivity index (χ1) is 13.6. The molecule has 0 atom stereocenters. The third kappa shape index (κ3) is 11.0. The van der Waals surface area contributed by atoms with Crippen molar-refractivity contribution in [2.24, 2.45) is 0 Å². The zero-order valence-electron chi connectivity index (χ0n) is 19.3. The van der Waals surface area contributed by atoms with Crippen LogP contribution >= 0.6 is 0 Å². The Morgan fingerprint density at radius 1 is 0.788 bits per heavy atom. The molecule has 0 radical (unpaired) electrons. The van der Waals surface area contributed by atoms with Gasteiger partial charge in [0.2, 0.25) is 0 Å². The van der Waals surface area contributed by atoms with Gasteiger partial charge in [-0.1, -0.05) is 29.7 Å². The molecule has 194 valence electrons. The summed E-state index contributed by atoms with van der Waals surface area (Å²) in [5.74, 6) is 0. The van der Waals surface area contributed by atoms with Crippen LogP contribution in [0.25, 0.3) is 0 Å². The number of hydrogen-bond acceptors (Lipinski definition) is 3. The molecule has 0 saturated heterocycles. The molecule has 0 aromatic heterocycles. The van der Waals surface area contributed by atoms with Crippen LogP contribution in [0.15, 0.2) is 60.7 Å². The van der Waals surface area contributed by atoms with Crippen molar-refractivity contribution in [1.82, 2.24) is 0 Å². The second-order valence-electron chi connectivity index (χ2n) is 9.31. The van der Waals surface area contributed by atoms with Crippen LogP contribution in [0.2, 0.25) is 45.3 Å². The van der Waals surface area contributed by atoms with Gasteiger partial charge in [-0.25, -0.2) is 0 Å².